The quantitative estimate of drug-likeness (QED) is 0.853. The molecule has 0 saturated heterocycles. The minimum absolute atomic E-state index is 0.0908. The molecule has 1 N–H and O–H groups in total. The zero-order valence-electron chi connectivity index (χ0n) is 10.2. The van der Waals surface area contributed by atoms with Gasteiger partial charge in [0.05, 0.1) is 5.71 Å². The maximum absolute atomic E-state index is 13.0. The number of benzene rings is 1. The number of amides is 1. The van der Waals surface area contributed by atoms with Crippen LogP contribution in [-0.4, -0.2) is 18.2 Å². The van der Waals surface area contributed by atoms with Crippen LogP contribution in [0, 0.1) is 12.7 Å². The molecule has 1 aromatic heterocycles. The first-order chi connectivity index (χ1) is 9.15. The van der Waals surface area contributed by atoms with E-state index in [1.54, 1.807) is 12.1 Å². The van der Waals surface area contributed by atoms with E-state index in [4.69, 9.17) is 0 Å². The fourth-order valence-corrected chi connectivity index (χ4v) is 3.03. The van der Waals surface area contributed by atoms with E-state index in [9.17, 15) is 9.18 Å². The van der Waals surface area contributed by atoms with Crippen molar-refractivity contribution in [2.75, 3.05) is 11.9 Å². The van der Waals surface area contributed by atoms with E-state index in [2.05, 4.69) is 10.3 Å². The molecule has 2 aromatic rings. The van der Waals surface area contributed by atoms with Crippen molar-refractivity contribution >= 4 is 28.0 Å². The van der Waals surface area contributed by atoms with Gasteiger partial charge in [0.15, 0.2) is 0 Å². The molecule has 0 radical (unpaired) electrons. The summed E-state index contributed by atoms with van der Waals surface area (Å²) in [7, 11) is 0. The highest BCUT2D eigenvalue weighted by atomic mass is 32.1. The lowest BCUT2D eigenvalue weighted by Gasteiger charge is -2.07. The van der Waals surface area contributed by atoms with Gasteiger partial charge in [-0.05, 0) is 42.1 Å². The molecule has 0 saturated carbocycles. The van der Waals surface area contributed by atoms with E-state index in [0.29, 0.717) is 0 Å². The molecule has 96 valence electrons. The van der Waals surface area contributed by atoms with E-state index in [1.807, 2.05) is 12.3 Å². The van der Waals surface area contributed by atoms with E-state index >= 15 is 0 Å². The number of fused-ring (bicyclic) bond motifs is 1. The molecule has 0 spiro atoms. The van der Waals surface area contributed by atoms with Crippen LogP contribution in [0.1, 0.15) is 16.7 Å². The first-order valence-corrected chi connectivity index (χ1v) is 6.72. The van der Waals surface area contributed by atoms with E-state index in [1.165, 1.54) is 23.5 Å². The molecule has 1 amide bonds. The molecule has 0 unspecified atom stereocenters. The van der Waals surface area contributed by atoms with Gasteiger partial charge in [-0.15, -0.1) is 11.3 Å². The number of thiophene rings is 1. The summed E-state index contributed by atoms with van der Waals surface area (Å²) in [4.78, 5) is 16.0. The monoisotopic (exact) mass is 274 g/mol. The fourth-order valence-electron chi connectivity index (χ4n) is 2.07. The Kier molecular flexibility index (Phi) is 2.91. The smallest absolute Gasteiger partial charge is 0.246 e. The second kappa shape index (κ2) is 4.59. The van der Waals surface area contributed by atoms with Gasteiger partial charge in [0, 0.05) is 11.1 Å². The lowest BCUT2D eigenvalue weighted by atomic mass is 10.0. The van der Waals surface area contributed by atoms with Crippen molar-refractivity contribution in [2.45, 2.75) is 6.92 Å². The molecule has 1 aliphatic heterocycles. The Hall–Kier alpha value is -2.01. The third-order valence-electron chi connectivity index (χ3n) is 2.96. The molecule has 1 aliphatic rings. The molecule has 0 atom stereocenters. The largest absolute Gasteiger partial charge is 0.316 e. The van der Waals surface area contributed by atoms with Crippen LogP contribution in [0.3, 0.4) is 0 Å². The zero-order chi connectivity index (χ0) is 13.4. The van der Waals surface area contributed by atoms with Gasteiger partial charge in [0.1, 0.15) is 17.4 Å². The number of anilines is 1. The molecule has 5 heteroatoms. The highest BCUT2D eigenvalue weighted by Crippen LogP contribution is 2.31. The number of aryl methyl sites for hydroxylation is 1. The summed E-state index contributed by atoms with van der Waals surface area (Å²) >= 11 is 1.48. The van der Waals surface area contributed by atoms with Crippen LogP contribution in [-0.2, 0) is 4.79 Å². The molecule has 1 aromatic carbocycles. The minimum atomic E-state index is -0.283. The van der Waals surface area contributed by atoms with Crippen molar-refractivity contribution in [1.82, 2.24) is 0 Å². The van der Waals surface area contributed by atoms with Gasteiger partial charge in [-0.25, -0.2) is 4.39 Å². The lowest BCUT2D eigenvalue weighted by Crippen LogP contribution is -2.12. The zero-order valence-corrected chi connectivity index (χ0v) is 11.1. The third-order valence-corrected chi connectivity index (χ3v) is 3.98. The van der Waals surface area contributed by atoms with Crippen molar-refractivity contribution in [1.29, 1.82) is 0 Å². The summed E-state index contributed by atoms with van der Waals surface area (Å²) in [6, 6.07) is 6.18. The van der Waals surface area contributed by atoms with Gasteiger partial charge in [0.25, 0.3) is 0 Å². The average Bonchev–Trinajstić information content (AvgIpc) is 2.65. The Labute approximate surface area is 113 Å². The van der Waals surface area contributed by atoms with Gasteiger partial charge >= 0.3 is 0 Å². The normalized spacial score (nSPS) is 14.4. The Bertz CT molecular complexity index is 673. The minimum Gasteiger partial charge on any atom is -0.316 e. The summed E-state index contributed by atoms with van der Waals surface area (Å²) in [6.45, 7) is 2.07. The number of hydrogen-bond donors (Lipinski definition) is 1. The van der Waals surface area contributed by atoms with E-state index in [0.717, 1.165) is 27.4 Å². The summed E-state index contributed by atoms with van der Waals surface area (Å²) in [5, 5.41) is 5.64. The maximum atomic E-state index is 13.0. The first-order valence-electron chi connectivity index (χ1n) is 5.84. The van der Waals surface area contributed by atoms with Crippen LogP contribution in [0.25, 0.3) is 0 Å². The second-order valence-corrected chi connectivity index (χ2v) is 5.22. The highest BCUT2D eigenvalue weighted by molar-refractivity contribution is 7.15. The number of carbonyl (C=O) groups is 1. The van der Waals surface area contributed by atoms with Gasteiger partial charge in [-0.2, -0.15) is 0 Å². The summed E-state index contributed by atoms with van der Waals surface area (Å²) in [6.07, 6.45) is 0. The summed E-state index contributed by atoms with van der Waals surface area (Å²) in [5.74, 6) is -0.408. The Balaban J connectivity index is 2.16. The number of hydrogen-bond acceptors (Lipinski definition) is 3. The van der Waals surface area contributed by atoms with Crippen molar-refractivity contribution in [3.63, 3.8) is 0 Å². The fraction of sp³-hybridized carbons (Fsp3) is 0.143. The number of nitrogens with zero attached hydrogens (tertiary/aromatic N) is 1. The standard InChI is InChI=1S/C14H11FN2OS/c1-8-7-19-14-12(8)13(16-6-11(18)17-14)9-2-4-10(15)5-3-9/h2-5,7H,6H2,1H3,(H,17,18). The van der Waals surface area contributed by atoms with Crippen molar-refractivity contribution in [2.24, 2.45) is 4.99 Å². The molecule has 0 fully saturated rings. The maximum Gasteiger partial charge on any atom is 0.246 e. The van der Waals surface area contributed by atoms with Crippen LogP contribution in [0.2, 0.25) is 0 Å². The third kappa shape index (κ3) is 2.17. The Morgan fingerprint density at radius 3 is 2.79 bits per heavy atom. The summed E-state index contributed by atoms with van der Waals surface area (Å²) < 4.78 is 13.0. The molecule has 3 nitrogen and oxygen atoms in total. The van der Waals surface area contributed by atoms with Crippen molar-refractivity contribution in [3.05, 3.63) is 52.2 Å². The average molecular weight is 274 g/mol. The molecule has 3 rings (SSSR count). The first kappa shape index (κ1) is 12.0. The van der Waals surface area contributed by atoms with Gasteiger partial charge in [-0.1, -0.05) is 0 Å². The van der Waals surface area contributed by atoms with Crippen molar-refractivity contribution in [3.8, 4) is 0 Å². The highest BCUT2D eigenvalue weighted by Gasteiger charge is 2.21. The molecule has 2 heterocycles. The molecular weight excluding hydrogens is 263 g/mol. The van der Waals surface area contributed by atoms with Gasteiger partial charge in [-0.3, -0.25) is 9.79 Å². The number of carbonyl (C=O) groups excluding carboxylic acids is 1. The van der Waals surface area contributed by atoms with E-state index < -0.39 is 0 Å². The summed E-state index contributed by atoms with van der Waals surface area (Å²) in [5.41, 5.74) is 3.56. The van der Waals surface area contributed by atoms with Gasteiger partial charge in [0.2, 0.25) is 5.91 Å². The molecule has 0 aliphatic carbocycles. The van der Waals surface area contributed by atoms with Crippen LogP contribution in [0.4, 0.5) is 9.39 Å². The Morgan fingerprint density at radius 2 is 2.05 bits per heavy atom. The van der Waals surface area contributed by atoms with Gasteiger partial charge < -0.3 is 5.32 Å². The van der Waals surface area contributed by atoms with Crippen LogP contribution < -0.4 is 5.32 Å². The predicted octanol–water partition coefficient (Wildman–Crippen LogP) is 2.99. The Morgan fingerprint density at radius 1 is 1.32 bits per heavy atom. The number of halogens is 1. The second-order valence-electron chi connectivity index (χ2n) is 4.34. The van der Waals surface area contributed by atoms with E-state index in [-0.39, 0.29) is 18.3 Å². The predicted molar refractivity (Wildman–Crippen MR) is 74.6 cm³/mol. The van der Waals surface area contributed by atoms with Crippen LogP contribution >= 0.6 is 11.3 Å². The van der Waals surface area contributed by atoms with Crippen LogP contribution in [0.5, 0.6) is 0 Å². The number of rotatable bonds is 1. The van der Waals surface area contributed by atoms with Crippen LogP contribution in [0.15, 0.2) is 34.6 Å². The molecular formula is C14H11FN2OS. The lowest BCUT2D eigenvalue weighted by molar-refractivity contribution is -0.114. The topological polar surface area (TPSA) is 41.5 Å². The number of aliphatic imine (C=N–C) groups is 1. The molecule has 0 bridgehead atoms. The molecule has 19 heavy (non-hydrogen) atoms. The SMILES string of the molecule is Cc1csc2c1C(c1ccc(F)cc1)=NCC(=O)N2. The number of nitrogens with one attached hydrogen (secondary N) is 1. The van der Waals surface area contributed by atoms with Crippen molar-refractivity contribution < 1.29 is 9.18 Å².